The summed E-state index contributed by atoms with van der Waals surface area (Å²) in [7, 11) is 0. The number of halogens is 1. The van der Waals surface area contributed by atoms with Gasteiger partial charge in [0.2, 0.25) is 5.91 Å². The Balaban J connectivity index is 1.85. The highest BCUT2D eigenvalue weighted by Crippen LogP contribution is 2.47. The summed E-state index contributed by atoms with van der Waals surface area (Å²) in [6.07, 6.45) is 1.72. The van der Waals surface area contributed by atoms with Crippen LogP contribution in [0.2, 0.25) is 5.02 Å². The van der Waals surface area contributed by atoms with Crippen molar-refractivity contribution in [1.29, 1.82) is 0 Å². The van der Waals surface area contributed by atoms with Crippen LogP contribution in [0.1, 0.15) is 31.2 Å². The lowest BCUT2D eigenvalue weighted by Gasteiger charge is -2.03. The van der Waals surface area contributed by atoms with Crippen LogP contribution in [0, 0.1) is 5.92 Å². The van der Waals surface area contributed by atoms with Gasteiger partial charge < -0.3 is 5.32 Å². The smallest absolute Gasteiger partial charge is 0.219 e. The predicted molar refractivity (Wildman–Crippen MR) is 65.6 cm³/mol. The van der Waals surface area contributed by atoms with Gasteiger partial charge in [-0.25, -0.2) is 0 Å². The number of carbonyl (C=O) groups is 1. The van der Waals surface area contributed by atoms with Gasteiger partial charge in [-0.2, -0.15) is 0 Å². The molecule has 3 heteroatoms. The molecular weight excluding hydrogens is 222 g/mol. The largest absolute Gasteiger partial charge is 0.356 e. The minimum absolute atomic E-state index is 0.136. The van der Waals surface area contributed by atoms with Crippen LogP contribution in [0.25, 0.3) is 0 Å². The van der Waals surface area contributed by atoms with Gasteiger partial charge in [0.1, 0.15) is 0 Å². The van der Waals surface area contributed by atoms with Crippen molar-refractivity contribution in [3.8, 4) is 0 Å². The van der Waals surface area contributed by atoms with Gasteiger partial charge in [-0.3, -0.25) is 4.79 Å². The summed E-state index contributed by atoms with van der Waals surface area (Å²) in [6, 6.07) is 8.00. The average Bonchev–Trinajstić information content (AvgIpc) is 3.05. The van der Waals surface area contributed by atoms with Crippen LogP contribution in [-0.2, 0) is 4.79 Å². The molecule has 2 rings (SSSR count). The second kappa shape index (κ2) is 4.88. The average molecular weight is 238 g/mol. The Morgan fingerprint density at radius 3 is 3.06 bits per heavy atom. The lowest BCUT2D eigenvalue weighted by Crippen LogP contribution is -2.24. The summed E-state index contributed by atoms with van der Waals surface area (Å²) in [5.41, 5.74) is 1.29. The maximum Gasteiger partial charge on any atom is 0.219 e. The summed E-state index contributed by atoms with van der Waals surface area (Å²) >= 11 is 5.94. The van der Waals surface area contributed by atoms with E-state index in [-0.39, 0.29) is 5.91 Å². The van der Waals surface area contributed by atoms with E-state index in [2.05, 4.69) is 11.4 Å². The molecule has 2 nitrogen and oxygen atoms in total. The van der Waals surface area contributed by atoms with Crippen LogP contribution in [0.4, 0.5) is 0 Å². The van der Waals surface area contributed by atoms with E-state index in [1.807, 2.05) is 25.1 Å². The van der Waals surface area contributed by atoms with E-state index >= 15 is 0 Å². The second-order valence-corrected chi connectivity index (χ2v) is 4.75. The zero-order chi connectivity index (χ0) is 11.5. The van der Waals surface area contributed by atoms with Crippen molar-refractivity contribution >= 4 is 17.5 Å². The van der Waals surface area contributed by atoms with Crippen molar-refractivity contribution in [2.75, 3.05) is 6.54 Å². The van der Waals surface area contributed by atoms with Crippen molar-refractivity contribution in [2.24, 2.45) is 5.92 Å². The number of amides is 1. The van der Waals surface area contributed by atoms with E-state index in [1.54, 1.807) is 0 Å². The molecule has 1 aliphatic carbocycles. The predicted octanol–water partition coefficient (Wildman–Crippen LogP) is 2.97. The Morgan fingerprint density at radius 1 is 1.56 bits per heavy atom. The van der Waals surface area contributed by atoms with Crippen LogP contribution >= 0.6 is 11.6 Å². The van der Waals surface area contributed by atoms with Crippen molar-refractivity contribution in [1.82, 2.24) is 5.32 Å². The minimum atomic E-state index is 0.136. The molecule has 0 radical (unpaired) electrons. The third kappa shape index (κ3) is 2.76. The van der Waals surface area contributed by atoms with Gasteiger partial charge in [-0.15, -0.1) is 0 Å². The molecule has 16 heavy (non-hydrogen) atoms. The number of nitrogens with one attached hydrogen (secondary N) is 1. The second-order valence-electron chi connectivity index (χ2n) is 4.31. The normalized spacial score (nSPS) is 22.9. The third-order valence-corrected chi connectivity index (χ3v) is 3.32. The molecule has 86 valence electrons. The van der Waals surface area contributed by atoms with E-state index in [0.717, 1.165) is 18.0 Å². The monoisotopic (exact) mass is 237 g/mol. The Bertz CT molecular complexity index is 391. The van der Waals surface area contributed by atoms with Crippen LogP contribution in [-0.4, -0.2) is 12.5 Å². The van der Waals surface area contributed by atoms with Gasteiger partial charge in [-0.05, 0) is 36.0 Å². The zero-order valence-electron chi connectivity index (χ0n) is 9.37. The van der Waals surface area contributed by atoms with Gasteiger partial charge in [-0.1, -0.05) is 30.7 Å². The molecule has 0 unspecified atom stereocenters. The summed E-state index contributed by atoms with van der Waals surface area (Å²) in [5.74, 6) is 1.31. The molecule has 0 heterocycles. The first-order valence-corrected chi connectivity index (χ1v) is 6.10. The fraction of sp³-hybridized carbons (Fsp3) is 0.462. The molecular formula is C13H16ClNO. The molecule has 1 N–H and O–H groups in total. The molecule has 1 aliphatic rings. The van der Waals surface area contributed by atoms with Gasteiger partial charge in [0.05, 0.1) is 0 Å². The SMILES string of the molecule is CCC(=O)NC[C@@H]1C[C@H]1c1cccc(Cl)c1. The lowest BCUT2D eigenvalue weighted by molar-refractivity contribution is -0.120. The number of carbonyl (C=O) groups excluding carboxylic acids is 1. The molecule has 0 saturated heterocycles. The van der Waals surface area contributed by atoms with E-state index in [0.29, 0.717) is 18.3 Å². The topological polar surface area (TPSA) is 29.1 Å². The standard InChI is InChI=1S/C13H16ClNO/c1-2-13(16)15-8-10-7-12(10)9-4-3-5-11(14)6-9/h3-6,10,12H,2,7-8H2,1H3,(H,15,16)/t10-,12-/m0/s1. The first-order chi connectivity index (χ1) is 7.70. The van der Waals surface area contributed by atoms with Crippen LogP contribution < -0.4 is 5.32 Å². The van der Waals surface area contributed by atoms with Crippen molar-refractivity contribution in [2.45, 2.75) is 25.7 Å². The quantitative estimate of drug-likeness (QED) is 0.857. The Labute approximate surface area is 101 Å². The zero-order valence-corrected chi connectivity index (χ0v) is 10.1. The van der Waals surface area contributed by atoms with Crippen molar-refractivity contribution in [3.05, 3.63) is 34.9 Å². The maximum absolute atomic E-state index is 11.1. The fourth-order valence-electron chi connectivity index (χ4n) is 1.99. The maximum atomic E-state index is 11.1. The van der Waals surface area contributed by atoms with Gasteiger partial charge in [0.25, 0.3) is 0 Å². The molecule has 2 atom stereocenters. The van der Waals surface area contributed by atoms with E-state index < -0.39 is 0 Å². The molecule has 1 aromatic carbocycles. The lowest BCUT2D eigenvalue weighted by atomic mass is 10.1. The molecule has 1 amide bonds. The summed E-state index contributed by atoms with van der Waals surface area (Å²) in [5, 5.41) is 3.73. The number of hydrogen-bond donors (Lipinski definition) is 1. The number of rotatable bonds is 4. The molecule has 0 aliphatic heterocycles. The Morgan fingerprint density at radius 2 is 2.38 bits per heavy atom. The molecule has 0 bridgehead atoms. The van der Waals surface area contributed by atoms with Crippen LogP contribution in [0.3, 0.4) is 0 Å². The number of benzene rings is 1. The fourth-order valence-corrected chi connectivity index (χ4v) is 2.19. The number of hydrogen-bond acceptors (Lipinski definition) is 1. The first kappa shape index (κ1) is 11.5. The highest BCUT2D eigenvalue weighted by atomic mass is 35.5. The Hall–Kier alpha value is -1.02. The van der Waals surface area contributed by atoms with Crippen molar-refractivity contribution < 1.29 is 4.79 Å². The molecule has 1 fully saturated rings. The summed E-state index contributed by atoms with van der Waals surface area (Å²) < 4.78 is 0. The Kier molecular flexibility index (Phi) is 3.49. The highest BCUT2D eigenvalue weighted by Gasteiger charge is 2.38. The van der Waals surface area contributed by atoms with E-state index in [4.69, 9.17) is 11.6 Å². The van der Waals surface area contributed by atoms with E-state index in [9.17, 15) is 4.79 Å². The van der Waals surface area contributed by atoms with Crippen molar-refractivity contribution in [3.63, 3.8) is 0 Å². The highest BCUT2D eigenvalue weighted by molar-refractivity contribution is 6.30. The summed E-state index contributed by atoms with van der Waals surface area (Å²) in [6.45, 7) is 2.67. The first-order valence-electron chi connectivity index (χ1n) is 5.73. The van der Waals surface area contributed by atoms with Gasteiger partial charge >= 0.3 is 0 Å². The van der Waals surface area contributed by atoms with Gasteiger partial charge in [0.15, 0.2) is 0 Å². The van der Waals surface area contributed by atoms with Crippen LogP contribution in [0.5, 0.6) is 0 Å². The molecule has 1 aromatic rings. The van der Waals surface area contributed by atoms with Gasteiger partial charge in [0, 0.05) is 18.0 Å². The third-order valence-electron chi connectivity index (χ3n) is 3.08. The summed E-state index contributed by atoms with van der Waals surface area (Å²) in [4.78, 5) is 11.1. The minimum Gasteiger partial charge on any atom is -0.356 e. The molecule has 0 aromatic heterocycles. The van der Waals surface area contributed by atoms with Crippen LogP contribution in [0.15, 0.2) is 24.3 Å². The van der Waals surface area contributed by atoms with E-state index in [1.165, 1.54) is 5.56 Å². The molecule has 0 spiro atoms. The molecule has 1 saturated carbocycles.